The number of pyridine rings is 1. The van der Waals surface area contributed by atoms with Crippen LogP contribution in [0.25, 0.3) is 10.9 Å². The second-order valence-corrected chi connectivity index (χ2v) is 6.45. The molecule has 2 N–H and O–H groups in total. The molecule has 0 aliphatic heterocycles. The summed E-state index contributed by atoms with van der Waals surface area (Å²) in [5.41, 5.74) is 2.00. The van der Waals surface area contributed by atoms with Crippen LogP contribution in [0.4, 0.5) is 0 Å². The van der Waals surface area contributed by atoms with E-state index in [1.165, 1.54) is 0 Å². The standard InChI is InChI=1S/C22H22N2O3/c25-20(16-7-2-1-3-8-16)11-6-12-21(26)23-14-13-18-15-17-9-4-5-10-19(17)24-22(18)27/h1-5,7-10,15H,6,11-14H2,(H,23,26)(H,24,27). The Morgan fingerprint density at radius 3 is 2.48 bits per heavy atom. The first-order valence-corrected chi connectivity index (χ1v) is 9.09. The number of carbonyl (C=O) groups is 2. The molecule has 0 bridgehead atoms. The molecule has 27 heavy (non-hydrogen) atoms. The van der Waals surface area contributed by atoms with Crippen LogP contribution in [0.2, 0.25) is 0 Å². The third-order valence-electron chi connectivity index (χ3n) is 4.45. The van der Waals surface area contributed by atoms with Gasteiger partial charge in [-0.15, -0.1) is 0 Å². The van der Waals surface area contributed by atoms with Gasteiger partial charge in [0.25, 0.3) is 5.56 Å². The van der Waals surface area contributed by atoms with E-state index in [0.717, 1.165) is 10.9 Å². The number of para-hydroxylation sites is 1. The highest BCUT2D eigenvalue weighted by Gasteiger charge is 2.08. The molecular weight excluding hydrogens is 340 g/mol. The summed E-state index contributed by atoms with van der Waals surface area (Å²) in [4.78, 5) is 38.9. The lowest BCUT2D eigenvalue weighted by atomic mass is 10.1. The van der Waals surface area contributed by atoms with E-state index in [4.69, 9.17) is 0 Å². The van der Waals surface area contributed by atoms with Gasteiger partial charge in [0.1, 0.15) is 0 Å². The molecule has 1 aromatic heterocycles. The van der Waals surface area contributed by atoms with Gasteiger partial charge in [-0.1, -0.05) is 48.5 Å². The average molecular weight is 362 g/mol. The van der Waals surface area contributed by atoms with Crippen LogP contribution in [0.3, 0.4) is 0 Å². The third-order valence-corrected chi connectivity index (χ3v) is 4.45. The van der Waals surface area contributed by atoms with Crippen molar-refractivity contribution in [2.75, 3.05) is 6.54 Å². The highest BCUT2D eigenvalue weighted by molar-refractivity contribution is 5.96. The van der Waals surface area contributed by atoms with E-state index in [9.17, 15) is 14.4 Å². The number of rotatable bonds is 8. The predicted octanol–water partition coefficient (Wildman–Crippen LogP) is 3.24. The number of Topliss-reactive ketones (excluding diaryl/α,β-unsaturated/α-hetero) is 1. The maximum absolute atomic E-state index is 12.1. The van der Waals surface area contributed by atoms with Gasteiger partial charge in [0.2, 0.25) is 5.91 Å². The van der Waals surface area contributed by atoms with E-state index in [2.05, 4.69) is 10.3 Å². The number of carbonyl (C=O) groups excluding carboxylic acids is 2. The lowest BCUT2D eigenvalue weighted by Crippen LogP contribution is -2.27. The maximum Gasteiger partial charge on any atom is 0.251 e. The van der Waals surface area contributed by atoms with Crippen molar-refractivity contribution in [2.24, 2.45) is 0 Å². The molecule has 138 valence electrons. The summed E-state index contributed by atoms with van der Waals surface area (Å²) in [5, 5.41) is 3.79. The monoisotopic (exact) mass is 362 g/mol. The summed E-state index contributed by atoms with van der Waals surface area (Å²) >= 11 is 0. The zero-order valence-corrected chi connectivity index (χ0v) is 15.0. The fourth-order valence-corrected chi connectivity index (χ4v) is 2.98. The van der Waals surface area contributed by atoms with Crippen LogP contribution < -0.4 is 10.9 Å². The highest BCUT2D eigenvalue weighted by atomic mass is 16.1. The van der Waals surface area contributed by atoms with Gasteiger partial charge in [-0.05, 0) is 30.4 Å². The molecule has 3 aromatic rings. The minimum Gasteiger partial charge on any atom is -0.356 e. The van der Waals surface area contributed by atoms with Crippen molar-refractivity contribution < 1.29 is 9.59 Å². The first kappa shape index (κ1) is 18.6. The van der Waals surface area contributed by atoms with Crippen LogP contribution in [0, 0.1) is 0 Å². The summed E-state index contributed by atoms with van der Waals surface area (Å²) in [6.45, 7) is 0.396. The molecular formula is C22H22N2O3. The predicted molar refractivity (Wildman–Crippen MR) is 106 cm³/mol. The zero-order chi connectivity index (χ0) is 19.1. The van der Waals surface area contributed by atoms with Gasteiger partial charge in [0.15, 0.2) is 5.78 Å². The number of benzene rings is 2. The molecule has 3 rings (SSSR count). The van der Waals surface area contributed by atoms with E-state index in [1.807, 2.05) is 48.5 Å². The van der Waals surface area contributed by atoms with Gasteiger partial charge in [-0.2, -0.15) is 0 Å². The van der Waals surface area contributed by atoms with Crippen LogP contribution in [0.1, 0.15) is 35.2 Å². The number of aromatic nitrogens is 1. The van der Waals surface area contributed by atoms with Gasteiger partial charge in [-0.25, -0.2) is 0 Å². The summed E-state index contributed by atoms with van der Waals surface area (Å²) in [5.74, 6) is -0.0563. The van der Waals surface area contributed by atoms with Crippen LogP contribution >= 0.6 is 0 Å². The van der Waals surface area contributed by atoms with E-state index in [1.54, 1.807) is 12.1 Å². The number of H-pyrrole nitrogens is 1. The van der Waals surface area contributed by atoms with Crippen molar-refractivity contribution in [1.29, 1.82) is 0 Å². The maximum atomic E-state index is 12.1. The molecule has 0 saturated carbocycles. The Hall–Kier alpha value is -3.21. The minimum atomic E-state index is -0.128. The van der Waals surface area contributed by atoms with Gasteiger partial charge in [0.05, 0.1) is 0 Å². The van der Waals surface area contributed by atoms with E-state index < -0.39 is 0 Å². The van der Waals surface area contributed by atoms with Crippen molar-refractivity contribution in [2.45, 2.75) is 25.7 Å². The number of aromatic amines is 1. The van der Waals surface area contributed by atoms with Crippen molar-refractivity contribution >= 4 is 22.6 Å². The Labute approximate surface area is 157 Å². The fraction of sp³-hybridized carbons (Fsp3) is 0.227. The fourth-order valence-electron chi connectivity index (χ4n) is 2.98. The van der Waals surface area contributed by atoms with E-state index >= 15 is 0 Å². The molecule has 0 aliphatic rings. The average Bonchev–Trinajstić information content (AvgIpc) is 2.69. The molecule has 0 saturated heterocycles. The van der Waals surface area contributed by atoms with Gasteiger partial charge in [0, 0.05) is 36.0 Å². The minimum absolute atomic E-state index is 0.0473. The van der Waals surface area contributed by atoms with Crippen LogP contribution in [0.5, 0.6) is 0 Å². The summed E-state index contributed by atoms with van der Waals surface area (Å²) in [6.07, 6.45) is 1.62. The number of ketones is 1. The Morgan fingerprint density at radius 2 is 1.67 bits per heavy atom. The molecule has 1 heterocycles. The van der Waals surface area contributed by atoms with Crippen LogP contribution in [0.15, 0.2) is 65.5 Å². The van der Waals surface area contributed by atoms with E-state index in [0.29, 0.717) is 43.4 Å². The van der Waals surface area contributed by atoms with Crippen molar-refractivity contribution in [1.82, 2.24) is 10.3 Å². The summed E-state index contributed by atoms with van der Waals surface area (Å²) < 4.78 is 0. The molecule has 0 unspecified atom stereocenters. The summed E-state index contributed by atoms with van der Waals surface area (Å²) in [6, 6.07) is 18.5. The normalized spacial score (nSPS) is 10.7. The number of nitrogens with one attached hydrogen (secondary N) is 2. The molecule has 0 spiro atoms. The highest BCUT2D eigenvalue weighted by Crippen LogP contribution is 2.10. The molecule has 5 nitrogen and oxygen atoms in total. The van der Waals surface area contributed by atoms with Gasteiger partial charge >= 0.3 is 0 Å². The Bertz CT molecular complexity index is 993. The molecule has 2 aromatic carbocycles. The van der Waals surface area contributed by atoms with Crippen LogP contribution in [-0.2, 0) is 11.2 Å². The molecule has 5 heteroatoms. The quantitative estimate of drug-likeness (QED) is 0.604. The third kappa shape index (κ3) is 5.14. The first-order valence-electron chi connectivity index (χ1n) is 9.09. The van der Waals surface area contributed by atoms with Gasteiger partial charge < -0.3 is 10.3 Å². The lowest BCUT2D eigenvalue weighted by molar-refractivity contribution is -0.121. The lowest BCUT2D eigenvalue weighted by Gasteiger charge is -2.06. The number of amides is 1. The molecule has 0 fully saturated rings. The molecule has 1 amide bonds. The van der Waals surface area contributed by atoms with Crippen molar-refractivity contribution in [3.05, 3.63) is 82.1 Å². The zero-order valence-electron chi connectivity index (χ0n) is 15.0. The largest absolute Gasteiger partial charge is 0.356 e. The molecule has 0 aliphatic carbocycles. The number of fused-ring (bicyclic) bond motifs is 1. The van der Waals surface area contributed by atoms with Crippen molar-refractivity contribution in [3.8, 4) is 0 Å². The molecule has 0 atom stereocenters. The van der Waals surface area contributed by atoms with Crippen molar-refractivity contribution in [3.63, 3.8) is 0 Å². The smallest absolute Gasteiger partial charge is 0.251 e. The van der Waals surface area contributed by atoms with E-state index in [-0.39, 0.29) is 17.2 Å². The SMILES string of the molecule is O=C(CCCC(=O)c1ccccc1)NCCc1cc2ccccc2[nH]c1=O. The Balaban J connectivity index is 1.43. The van der Waals surface area contributed by atoms with Gasteiger partial charge in [-0.3, -0.25) is 14.4 Å². The number of hydrogen-bond donors (Lipinski definition) is 2. The summed E-state index contributed by atoms with van der Waals surface area (Å²) in [7, 11) is 0. The Morgan fingerprint density at radius 1 is 0.926 bits per heavy atom. The Kier molecular flexibility index (Phi) is 6.15. The number of hydrogen-bond acceptors (Lipinski definition) is 3. The van der Waals surface area contributed by atoms with Crippen LogP contribution in [-0.4, -0.2) is 23.2 Å². The second kappa shape index (κ2) is 8.94. The molecule has 0 radical (unpaired) electrons. The topological polar surface area (TPSA) is 79.0 Å². The first-order chi connectivity index (χ1) is 13.1. The second-order valence-electron chi connectivity index (χ2n) is 6.45.